The van der Waals surface area contributed by atoms with Crippen LogP contribution in [-0.4, -0.2) is 71.0 Å². The number of halogens is 3. The zero-order valence-corrected chi connectivity index (χ0v) is 19.5. The van der Waals surface area contributed by atoms with E-state index in [0.29, 0.717) is 10.9 Å². The second-order valence-corrected chi connectivity index (χ2v) is 9.78. The Balaban J connectivity index is 1.55. The number of aliphatic hydroxyl groups excluding tert-OH is 2. The van der Waals surface area contributed by atoms with Gasteiger partial charge in [0.15, 0.2) is 11.9 Å². The lowest BCUT2D eigenvalue weighted by molar-refractivity contribution is -0.0658. The lowest BCUT2D eigenvalue weighted by Crippen LogP contribution is -2.34. The molecule has 0 bridgehead atoms. The molecule has 0 aliphatic carbocycles. The first-order valence-electron chi connectivity index (χ1n) is 9.76. The van der Waals surface area contributed by atoms with Crippen LogP contribution in [0.25, 0.3) is 11.0 Å². The summed E-state index contributed by atoms with van der Waals surface area (Å²) in [6.45, 7) is -0.354. The molecule has 3 heterocycles. The number of benzene rings is 1. The third-order valence-corrected chi connectivity index (χ3v) is 6.00. The van der Waals surface area contributed by atoms with Gasteiger partial charge in [-0.25, -0.2) is 9.07 Å². The molecule has 4 atom stereocenters. The minimum absolute atomic E-state index is 0.0248. The molecule has 1 fully saturated rings. The number of aromatic nitrogens is 4. The predicted octanol–water partition coefficient (Wildman–Crippen LogP) is 1.66. The van der Waals surface area contributed by atoms with Gasteiger partial charge in [-0.15, -0.1) is 0 Å². The molecule has 0 spiro atoms. The minimum atomic E-state index is -4.41. The summed E-state index contributed by atoms with van der Waals surface area (Å²) in [7, 11) is -4.41. The molecular weight excluding hydrogens is 519 g/mol. The monoisotopic (exact) mass is 537 g/mol. The fourth-order valence-corrected chi connectivity index (χ4v) is 4.14. The van der Waals surface area contributed by atoms with Crippen molar-refractivity contribution >= 4 is 47.6 Å². The Bertz CT molecular complexity index is 1240. The van der Waals surface area contributed by atoms with Gasteiger partial charge in [0.05, 0.1) is 23.2 Å². The molecule has 0 amide bonds. The summed E-state index contributed by atoms with van der Waals surface area (Å²) in [6.07, 6.45) is -4.68. The van der Waals surface area contributed by atoms with Gasteiger partial charge in [0, 0.05) is 12.1 Å². The van der Waals surface area contributed by atoms with Crippen LogP contribution in [0, 0.1) is 5.82 Å². The number of rotatable bonds is 8. The SMILES string of the molecule is O=P(O)(O)COC[C@H]1O[C@@H](n2ncc3c(NCc4cccc(Cl)c4F)nc(Cl)nc32)[C@H](O)[C@@H]1O. The van der Waals surface area contributed by atoms with Crippen LogP contribution in [0.1, 0.15) is 11.8 Å². The van der Waals surface area contributed by atoms with Gasteiger partial charge in [0.25, 0.3) is 0 Å². The van der Waals surface area contributed by atoms with Gasteiger partial charge in [-0.1, -0.05) is 23.7 Å². The van der Waals surface area contributed by atoms with Gasteiger partial charge >= 0.3 is 7.60 Å². The maximum Gasteiger partial charge on any atom is 0.350 e. The highest BCUT2D eigenvalue weighted by Gasteiger charge is 2.45. The summed E-state index contributed by atoms with van der Waals surface area (Å²) < 4.78 is 36.9. The maximum atomic E-state index is 14.2. The lowest BCUT2D eigenvalue weighted by atomic mass is 10.1. The van der Waals surface area contributed by atoms with Crippen LogP contribution >= 0.6 is 30.8 Å². The first-order valence-corrected chi connectivity index (χ1v) is 12.3. The van der Waals surface area contributed by atoms with Crippen molar-refractivity contribution in [3.05, 3.63) is 46.1 Å². The Kier molecular flexibility index (Phi) is 7.38. The highest BCUT2D eigenvalue weighted by atomic mass is 35.5. The van der Waals surface area contributed by atoms with Crippen LogP contribution in [0.3, 0.4) is 0 Å². The zero-order valence-electron chi connectivity index (χ0n) is 17.1. The van der Waals surface area contributed by atoms with Crippen molar-refractivity contribution in [1.82, 2.24) is 19.7 Å². The summed E-state index contributed by atoms with van der Waals surface area (Å²) in [4.78, 5) is 26.0. The molecule has 5 N–H and O–H groups in total. The van der Waals surface area contributed by atoms with Crippen LogP contribution in [0.5, 0.6) is 0 Å². The molecule has 34 heavy (non-hydrogen) atoms. The van der Waals surface area contributed by atoms with Gasteiger partial charge < -0.3 is 34.8 Å². The Morgan fingerprint density at radius 2 is 2.00 bits per heavy atom. The van der Waals surface area contributed by atoms with E-state index in [9.17, 15) is 19.2 Å². The standard InChI is InChI=1S/C18H19Cl2FN5O7P/c19-10-3-1-2-8(12(10)21)4-22-15-9-5-23-26(16(9)25-18(20)24-15)17-14(28)13(27)11(33-17)6-32-7-34(29,30)31/h1-3,5,11,13-14,17,27-28H,4,6-7H2,(H,22,24,25)(H2,29,30,31)/t11-,13-,14-,17-/m1/s1. The van der Waals surface area contributed by atoms with Crippen molar-refractivity contribution in [2.75, 3.05) is 18.3 Å². The van der Waals surface area contributed by atoms with Gasteiger partial charge in [-0.3, -0.25) is 4.57 Å². The Morgan fingerprint density at radius 3 is 2.74 bits per heavy atom. The number of hydrogen-bond acceptors (Lipinski definition) is 9. The van der Waals surface area contributed by atoms with Crippen LogP contribution in [-0.2, 0) is 20.6 Å². The highest BCUT2D eigenvalue weighted by molar-refractivity contribution is 7.51. The number of anilines is 1. The normalized spacial score (nSPS) is 23.0. The van der Waals surface area contributed by atoms with E-state index < -0.39 is 44.3 Å². The van der Waals surface area contributed by atoms with E-state index in [-0.39, 0.29) is 34.9 Å². The third kappa shape index (κ3) is 5.33. The third-order valence-electron chi connectivity index (χ3n) is 5.02. The predicted molar refractivity (Wildman–Crippen MR) is 118 cm³/mol. The summed E-state index contributed by atoms with van der Waals surface area (Å²) in [5.41, 5.74) is 0.445. The molecule has 1 saturated heterocycles. The molecule has 2 aromatic heterocycles. The summed E-state index contributed by atoms with van der Waals surface area (Å²) in [6, 6.07) is 4.58. The summed E-state index contributed by atoms with van der Waals surface area (Å²) in [5, 5.41) is 28.1. The number of ether oxygens (including phenoxy) is 2. The first kappa shape index (κ1) is 25.2. The van der Waals surface area contributed by atoms with E-state index in [1.54, 1.807) is 12.1 Å². The Hall–Kier alpha value is -1.93. The quantitative estimate of drug-likeness (QED) is 0.209. The maximum absolute atomic E-state index is 14.2. The van der Waals surface area contributed by atoms with E-state index in [1.807, 2.05) is 0 Å². The first-order chi connectivity index (χ1) is 16.0. The molecule has 4 rings (SSSR count). The average Bonchev–Trinajstić information content (AvgIpc) is 3.29. The van der Waals surface area contributed by atoms with Crippen molar-refractivity contribution in [1.29, 1.82) is 0 Å². The number of nitrogens with zero attached hydrogens (tertiary/aromatic N) is 4. The van der Waals surface area contributed by atoms with Crippen LogP contribution in [0.2, 0.25) is 10.3 Å². The van der Waals surface area contributed by atoms with E-state index in [4.69, 9.17) is 42.5 Å². The molecule has 0 unspecified atom stereocenters. The largest absolute Gasteiger partial charge is 0.387 e. The molecule has 3 aromatic rings. The van der Waals surface area contributed by atoms with E-state index in [0.717, 1.165) is 0 Å². The molecule has 16 heteroatoms. The second kappa shape index (κ2) is 9.97. The average molecular weight is 538 g/mol. The molecule has 184 valence electrons. The van der Waals surface area contributed by atoms with E-state index in [1.165, 1.54) is 16.9 Å². The van der Waals surface area contributed by atoms with Crippen molar-refractivity contribution in [2.45, 2.75) is 31.1 Å². The van der Waals surface area contributed by atoms with Crippen LogP contribution in [0.15, 0.2) is 24.4 Å². The molecule has 1 aromatic carbocycles. The molecular formula is C18H19Cl2FN5O7P. The molecule has 0 radical (unpaired) electrons. The molecule has 1 aliphatic rings. The van der Waals surface area contributed by atoms with Crippen LogP contribution in [0.4, 0.5) is 10.2 Å². The number of aliphatic hydroxyl groups is 2. The van der Waals surface area contributed by atoms with Crippen molar-refractivity contribution in [3.63, 3.8) is 0 Å². The topological polar surface area (TPSA) is 172 Å². The smallest absolute Gasteiger partial charge is 0.350 e. The van der Waals surface area contributed by atoms with Gasteiger partial charge in [0.2, 0.25) is 5.28 Å². The number of nitrogens with one attached hydrogen (secondary N) is 1. The Morgan fingerprint density at radius 1 is 1.24 bits per heavy atom. The molecule has 12 nitrogen and oxygen atoms in total. The van der Waals surface area contributed by atoms with Crippen molar-refractivity contribution in [3.8, 4) is 0 Å². The lowest BCUT2D eigenvalue weighted by Gasteiger charge is -2.16. The second-order valence-electron chi connectivity index (χ2n) is 7.45. The van der Waals surface area contributed by atoms with Gasteiger partial charge in [-0.05, 0) is 17.7 Å². The van der Waals surface area contributed by atoms with Crippen molar-refractivity contribution in [2.24, 2.45) is 0 Å². The zero-order chi connectivity index (χ0) is 24.6. The summed E-state index contributed by atoms with van der Waals surface area (Å²) in [5.74, 6) is -0.345. The van der Waals surface area contributed by atoms with E-state index in [2.05, 4.69) is 20.4 Å². The molecule has 1 aliphatic heterocycles. The number of fused-ring (bicyclic) bond motifs is 1. The molecule has 0 saturated carbocycles. The van der Waals surface area contributed by atoms with Crippen LogP contribution < -0.4 is 5.32 Å². The summed E-state index contributed by atoms with van der Waals surface area (Å²) >= 11 is 11.9. The number of hydrogen-bond donors (Lipinski definition) is 5. The van der Waals surface area contributed by atoms with E-state index >= 15 is 0 Å². The fraction of sp³-hybridized carbons (Fsp3) is 0.389. The van der Waals surface area contributed by atoms with Gasteiger partial charge in [-0.2, -0.15) is 15.1 Å². The Labute approximate surface area is 201 Å². The highest BCUT2D eigenvalue weighted by Crippen LogP contribution is 2.36. The van der Waals surface area contributed by atoms with Gasteiger partial charge in [0.1, 0.15) is 36.3 Å². The fourth-order valence-electron chi connectivity index (χ4n) is 3.44. The van der Waals surface area contributed by atoms with Crippen molar-refractivity contribution < 1.29 is 38.4 Å². The minimum Gasteiger partial charge on any atom is -0.387 e.